The highest BCUT2D eigenvalue weighted by molar-refractivity contribution is 7.89. The second-order valence-corrected chi connectivity index (χ2v) is 9.39. The van der Waals surface area contributed by atoms with E-state index in [1.54, 1.807) is 0 Å². The van der Waals surface area contributed by atoms with E-state index in [2.05, 4.69) is 4.74 Å². The summed E-state index contributed by atoms with van der Waals surface area (Å²) in [5.74, 6) is -0.908. The van der Waals surface area contributed by atoms with Crippen LogP contribution in [0.15, 0.2) is 41.3 Å². The Balaban J connectivity index is 1.98. The lowest BCUT2D eigenvalue weighted by Crippen LogP contribution is -2.36. The number of benzene rings is 2. The number of sulfonamides is 1. The van der Waals surface area contributed by atoms with E-state index in [4.69, 9.17) is 11.6 Å². The van der Waals surface area contributed by atoms with Crippen molar-refractivity contribution in [2.45, 2.75) is 24.1 Å². The van der Waals surface area contributed by atoms with Gasteiger partial charge in [0.1, 0.15) is 5.75 Å². The van der Waals surface area contributed by atoms with Gasteiger partial charge in [0.05, 0.1) is 15.5 Å². The molecule has 0 spiro atoms. The van der Waals surface area contributed by atoms with Gasteiger partial charge in [0, 0.05) is 26.3 Å². The Bertz CT molecular complexity index is 1090. The van der Waals surface area contributed by atoms with Crippen molar-refractivity contribution >= 4 is 33.2 Å². The molecule has 162 valence electrons. The number of rotatable bonds is 4. The maximum atomic E-state index is 13.2. The Hall–Kier alpha value is -2.30. The van der Waals surface area contributed by atoms with Crippen LogP contribution >= 0.6 is 11.6 Å². The summed E-state index contributed by atoms with van der Waals surface area (Å²) in [6.07, 6.45) is -3.83. The lowest BCUT2D eigenvalue weighted by Gasteiger charge is -2.30. The van der Waals surface area contributed by atoms with Crippen LogP contribution in [0.1, 0.15) is 22.3 Å². The lowest BCUT2D eigenvalue weighted by atomic mass is 10.0. The maximum Gasteiger partial charge on any atom is 0.573 e. The highest BCUT2D eigenvalue weighted by atomic mass is 35.5. The molecular formula is C19H18ClF3N2O4S. The minimum absolute atomic E-state index is 0.0111. The van der Waals surface area contributed by atoms with Gasteiger partial charge >= 0.3 is 6.36 Å². The molecule has 1 aliphatic heterocycles. The normalized spacial score (nSPS) is 14.6. The second kappa shape index (κ2) is 8.09. The average molecular weight is 463 g/mol. The van der Waals surface area contributed by atoms with Crippen molar-refractivity contribution in [2.24, 2.45) is 0 Å². The van der Waals surface area contributed by atoms with Crippen LogP contribution in [-0.2, 0) is 16.4 Å². The number of aryl methyl sites for hydroxylation is 1. The zero-order chi connectivity index (χ0) is 22.3. The first-order valence-corrected chi connectivity index (χ1v) is 10.6. The standard InChI is InChI=1S/C19H18ClF3N2O4S/c1-24(2)30(27,28)14-6-7-16(20)15(11-14)18(26)25-9-3-4-12-10-13(5-8-17(12)25)29-19(21,22)23/h5-8,10-11H,3-4,9H2,1-2H3. The number of hydrogen-bond acceptors (Lipinski definition) is 4. The average Bonchev–Trinajstić information content (AvgIpc) is 2.65. The molecule has 1 aliphatic rings. The zero-order valence-corrected chi connectivity index (χ0v) is 17.6. The third-order valence-electron chi connectivity index (χ3n) is 4.60. The first kappa shape index (κ1) is 22.4. The summed E-state index contributed by atoms with van der Waals surface area (Å²) in [7, 11) is -1.05. The van der Waals surface area contributed by atoms with Gasteiger partial charge in [0.15, 0.2) is 0 Å². The Morgan fingerprint density at radius 3 is 2.50 bits per heavy atom. The van der Waals surface area contributed by atoms with Crippen LogP contribution in [0.25, 0.3) is 0 Å². The molecule has 0 bridgehead atoms. The van der Waals surface area contributed by atoms with Crippen molar-refractivity contribution in [2.75, 3.05) is 25.5 Å². The third kappa shape index (κ3) is 4.55. The number of alkyl halides is 3. The van der Waals surface area contributed by atoms with E-state index < -0.39 is 22.3 Å². The van der Waals surface area contributed by atoms with E-state index in [1.807, 2.05) is 0 Å². The van der Waals surface area contributed by atoms with Crippen LogP contribution in [0, 0.1) is 0 Å². The Morgan fingerprint density at radius 2 is 1.87 bits per heavy atom. The molecule has 6 nitrogen and oxygen atoms in total. The molecule has 0 radical (unpaired) electrons. The molecule has 0 aromatic heterocycles. The summed E-state index contributed by atoms with van der Waals surface area (Å²) >= 11 is 6.16. The molecule has 2 aromatic carbocycles. The number of fused-ring (bicyclic) bond motifs is 1. The van der Waals surface area contributed by atoms with Gasteiger partial charge in [0.25, 0.3) is 5.91 Å². The quantitative estimate of drug-likeness (QED) is 0.686. The Labute approximate surface area is 176 Å². The molecule has 0 saturated heterocycles. The zero-order valence-electron chi connectivity index (χ0n) is 16.0. The minimum atomic E-state index is -4.82. The van der Waals surface area contributed by atoms with Gasteiger partial charge in [-0.3, -0.25) is 4.79 Å². The van der Waals surface area contributed by atoms with E-state index in [0.29, 0.717) is 30.6 Å². The lowest BCUT2D eigenvalue weighted by molar-refractivity contribution is -0.274. The predicted molar refractivity (Wildman–Crippen MR) is 105 cm³/mol. The summed E-state index contributed by atoms with van der Waals surface area (Å²) in [6.45, 7) is 0.312. The number of hydrogen-bond donors (Lipinski definition) is 0. The molecule has 2 aromatic rings. The number of nitrogens with zero attached hydrogens (tertiary/aromatic N) is 2. The van der Waals surface area contributed by atoms with E-state index in [-0.39, 0.29) is 21.2 Å². The molecule has 0 unspecified atom stereocenters. The molecule has 30 heavy (non-hydrogen) atoms. The molecule has 0 atom stereocenters. The fraction of sp³-hybridized carbons (Fsp3) is 0.316. The highest BCUT2D eigenvalue weighted by Gasteiger charge is 2.32. The van der Waals surface area contributed by atoms with Gasteiger partial charge in [-0.05, 0) is 54.8 Å². The SMILES string of the molecule is CN(C)S(=O)(=O)c1ccc(Cl)c(C(=O)N2CCCc3cc(OC(F)(F)F)ccc32)c1. The van der Waals surface area contributed by atoms with Gasteiger partial charge in [0.2, 0.25) is 10.0 Å². The van der Waals surface area contributed by atoms with Crippen molar-refractivity contribution in [1.29, 1.82) is 0 Å². The summed E-state index contributed by atoms with van der Waals surface area (Å²) < 4.78 is 67.2. The first-order chi connectivity index (χ1) is 13.9. The number of ether oxygens (including phenoxy) is 1. The number of carbonyl (C=O) groups is 1. The Kier molecular flexibility index (Phi) is 6.03. The van der Waals surface area contributed by atoms with Crippen LogP contribution in [0.2, 0.25) is 5.02 Å². The van der Waals surface area contributed by atoms with Gasteiger partial charge < -0.3 is 9.64 Å². The molecule has 0 aliphatic carbocycles. The van der Waals surface area contributed by atoms with Crippen molar-refractivity contribution in [3.8, 4) is 5.75 Å². The van der Waals surface area contributed by atoms with Crippen molar-refractivity contribution in [3.63, 3.8) is 0 Å². The van der Waals surface area contributed by atoms with Gasteiger partial charge in [-0.25, -0.2) is 12.7 Å². The fourth-order valence-electron chi connectivity index (χ4n) is 3.17. The molecule has 1 heterocycles. The van der Waals surface area contributed by atoms with Crippen molar-refractivity contribution in [1.82, 2.24) is 4.31 Å². The molecule has 0 saturated carbocycles. The van der Waals surface area contributed by atoms with Gasteiger partial charge in [-0.2, -0.15) is 0 Å². The van der Waals surface area contributed by atoms with Crippen LogP contribution in [-0.4, -0.2) is 45.6 Å². The molecule has 3 rings (SSSR count). The third-order valence-corrected chi connectivity index (χ3v) is 6.74. The number of amides is 1. The van der Waals surface area contributed by atoms with Crippen LogP contribution in [0.3, 0.4) is 0 Å². The number of anilines is 1. The molecule has 0 N–H and O–H groups in total. The van der Waals surface area contributed by atoms with Gasteiger partial charge in [-0.15, -0.1) is 13.2 Å². The van der Waals surface area contributed by atoms with Crippen molar-refractivity contribution < 1.29 is 31.1 Å². The first-order valence-electron chi connectivity index (χ1n) is 8.83. The Morgan fingerprint density at radius 1 is 1.17 bits per heavy atom. The minimum Gasteiger partial charge on any atom is -0.406 e. The van der Waals surface area contributed by atoms with Gasteiger partial charge in [-0.1, -0.05) is 11.6 Å². The van der Waals surface area contributed by atoms with E-state index >= 15 is 0 Å². The summed E-state index contributed by atoms with van der Waals surface area (Å²) in [6, 6.07) is 7.59. The van der Waals surface area contributed by atoms with Crippen LogP contribution in [0.5, 0.6) is 5.75 Å². The highest BCUT2D eigenvalue weighted by Crippen LogP contribution is 2.34. The fourth-order valence-corrected chi connectivity index (χ4v) is 4.29. The molecule has 1 amide bonds. The van der Waals surface area contributed by atoms with Crippen LogP contribution < -0.4 is 9.64 Å². The van der Waals surface area contributed by atoms with Crippen LogP contribution in [0.4, 0.5) is 18.9 Å². The van der Waals surface area contributed by atoms with E-state index in [9.17, 15) is 26.4 Å². The molecule has 11 heteroatoms. The number of carbonyl (C=O) groups excluding carboxylic acids is 1. The summed E-state index contributed by atoms with van der Waals surface area (Å²) in [4.78, 5) is 14.5. The summed E-state index contributed by atoms with van der Waals surface area (Å²) in [5, 5.41) is 0.0712. The monoisotopic (exact) mass is 462 g/mol. The smallest absolute Gasteiger partial charge is 0.406 e. The largest absolute Gasteiger partial charge is 0.573 e. The topological polar surface area (TPSA) is 66.9 Å². The summed E-state index contributed by atoms with van der Waals surface area (Å²) in [5.41, 5.74) is 0.935. The van der Waals surface area contributed by atoms with E-state index in [1.165, 1.54) is 49.3 Å². The molecule has 0 fully saturated rings. The number of halogens is 4. The predicted octanol–water partition coefficient (Wildman–Crippen LogP) is 4.08. The van der Waals surface area contributed by atoms with E-state index in [0.717, 1.165) is 10.4 Å². The molecular weight excluding hydrogens is 445 g/mol. The van der Waals surface area contributed by atoms with Crippen molar-refractivity contribution in [3.05, 3.63) is 52.5 Å². The maximum absolute atomic E-state index is 13.2. The second-order valence-electron chi connectivity index (χ2n) is 6.83.